The van der Waals surface area contributed by atoms with Crippen molar-refractivity contribution in [2.75, 3.05) is 50.2 Å². The molecule has 0 aliphatic heterocycles. The van der Waals surface area contributed by atoms with Crippen molar-refractivity contribution in [3.8, 4) is 23.0 Å². The number of anilines is 4. The minimum Gasteiger partial charge on any atom is -0.490 e. The zero-order valence-electron chi connectivity index (χ0n) is 45.3. The van der Waals surface area contributed by atoms with Crippen LogP contribution in [0, 0.1) is 0 Å². The lowest BCUT2D eigenvalue weighted by molar-refractivity contribution is 0.0992. The molecule has 2 amide bonds. The highest BCUT2D eigenvalue weighted by Gasteiger charge is 2.21. The number of rotatable bonds is 26. The second kappa shape index (κ2) is 28.7. The van der Waals surface area contributed by atoms with Gasteiger partial charge in [0, 0.05) is 69.8 Å². The Morgan fingerprint density at radius 3 is 1.33 bits per heavy atom. The van der Waals surface area contributed by atoms with E-state index in [-0.39, 0.29) is 0 Å². The van der Waals surface area contributed by atoms with Gasteiger partial charge in [0.05, 0.1) is 60.0 Å². The molecule has 2 aromatic heterocycles. The standard InChI is InChI=1S/2C31H35ClN4O3/c1-4-23-21(18-34-14-13-20-9-7-11-22(32)15-20)10-8-12-26(23)36-30-24-16-28(38-5-2)29(39-6-3)17-27(24)35-19-25(30)31(33)37;1-4-23-21(18-34-15-14-20-10-12-22(32)13-11-20)8-7-9-26(23)36-30-24-16-28(38-5-2)29(39-6-3)17-27(24)35-19-25(30)31(33)37/h7-12,15-17,19,34H,4-6,13-14,18H2,1-3H3,(H2,33,37)(H,35,36);7-13,16-17,19,34H,4-6,14-15,18H2,1-3H3,(H2,33,37)(H,35,36). The fourth-order valence-electron chi connectivity index (χ4n) is 9.31. The number of amides is 2. The van der Waals surface area contributed by atoms with Crippen molar-refractivity contribution in [1.29, 1.82) is 0 Å². The molecule has 408 valence electrons. The Morgan fingerprint density at radius 1 is 0.500 bits per heavy atom. The van der Waals surface area contributed by atoms with Crippen molar-refractivity contribution in [3.05, 3.63) is 176 Å². The van der Waals surface area contributed by atoms with E-state index in [0.717, 1.165) is 88.6 Å². The van der Waals surface area contributed by atoms with Crippen LogP contribution in [-0.2, 0) is 38.8 Å². The number of carbonyl (C=O) groups excluding carboxylic acids is 2. The molecule has 0 unspecified atom stereocenters. The Labute approximate surface area is 467 Å². The minimum atomic E-state index is -0.560. The molecule has 0 saturated heterocycles. The summed E-state index contributed by atoms with van der Waals surface area (Å²) in [6, 6.07) is 35.6. The van der Waals surface area contributed by atoms with Gasteiger partial charge in [-0.15, -0.1) is 0 Å². The number of nitrogens with two attached hydrogens (primary N) is 2. The van der Waals surface area contributed by atoms with Crippen LogP contribution in [0.1, 0.15) is 95.6 Å². The second-order valence-corrected chi connectivity index (χ2v) is 19.0. The zero-order chi connectivity index (χ0) is 55.6. The van der Waals surface area contributed by atoms with E-state index in [1.807, 2.05) is 107 Å². The number of pyridine rings is 2. The van der Waals surface area contributed by atoms with Crippen LogP contribution in [0.5, 0.6) is 23.0 Å². The molecular weight excluding hydrogens is 1020 g/mol. The van der Waals surface area contributed by atoms with Crippen LogP contribution in [0.2, 0.25) is 10.0 Å². The largest absolute Gasteiger partial charge is 0.490 e. The number of nitrogens with one attached hydrogen (secondary N) is 4. The van der Waals surface area contributed by atoms with E-state index in [0.29, 0.717) is 89.5 Å². The van der Waals surface area contributed by atoms with Gasteiger partial charge in [-0.1, -0.05) is 85.6 Å². The summed E-state index contributed by atoms with van der Waals surface area (Å²) in [6.45, 7) is 17.0. The number of benzene rings is 6. The molecule has 0 bridgehead atoms. The molecule has 0 aliphatic rings. The molecule has 0 fully saturated rings. The number of halogens is 2. The van der Waals surface area contributed by atoms with Crippen molar-refractivity contribution < 1.29 is 28.5 Å². The Morgan fingerprint density at radius 2 is 0.923 bits per heavy atom. The van der Waals surface area contributed by atoms with Crippen molar-refractivity contribution in [1.82, 2.24) is 20.6 Å². The monoisotopic (exact) mass is 1090 g/mol. The molecule has 16 heteroatoms. The maximum atomic E-state index is 12.4. The lowest BCUT2D eigenvalue weighted by atomic mass is 10.0. The Balaban J connectivity index is 0.000000226. The molecular formula is C62H70Cl2N8O6. The number of carbonyl (C=O) groups is 2. The predicted octanol–water partition coefficient (Wildman–Crippen LogP) is 12.8. The number of aromatic nitrogens is 2. The summed E-state index contributed by atoms with van der Waals surface area (Å²) in [5.74, 6) is 1.28. The van der Waals surface area contributed by atoms with E-state index in [9.17, 15) is 9.59 Å². The molecule has 2 heterocycles. The van der Waals surface area contributed by atoms with Crippen LogP contribution >= 0.6 is 23.2 Å². The summed E-state index contributed by atoms with van der Waals surface area (Å²) in [7, 11) is 0. The summed E-state index contributed by atoms with van der Waals surface area (Å²) >= 11 is 12.1. The molecule has 8 N–H and O–H groups in total. The van der Waals surface area contributed by atoms with E-state index in [2.05, 4.69) is 75.4 Å². The van der Waals surface area contributed by atoms with E-state index < -0.39 is 11.8 Å². The van der Waals surface area contributed by atoms with Gasteiger partial charge in [-0.05, 0) is 148 Å². The summed E-state index contributed by atoms with van der Waals surface area (Å²) in [4.78, 5) is 33.9. The van der Waals surface area contributed by atoms with E-state index in [1.165, 1.54) is 34.6 Å². The van der Waals surface area contributed by atoms with E-state index >= 15 is 0 Å². The van der Waals surface area contributed by atoms with Crippen LogP contribution in [0.25, 0.3) is 21.8 Å². The average Bonchev–Trinajstić information content (AvgIpc) is 3.52. The molecule has 14 nitrogen and oxygen atoms in total. The number of ether oxygens (including phenoxy) is 4. The molecule has 8 rings (SSSR count). The van der Waals surface area contributed by atoms with Gasteiger partial charge >= 0.3 is 0 Å². The first kappa shape index (κ1) is 58.1. The zero-order valence-corrected chi connectivity index (χ0v) is 46.8. The minimum absolute atomic E-state index is 0.307. The molecule has 0 atom stereocenters. The van der Waals surface area contributed by atoms with Crippen molar-refractivity contribution in [2.24, 2.45) is 11.5 Å². The summed E-state index contributed by atoms with van der Waals surface area (Å²) in [5.41, 5.74) is 23.7. The first-order valence-electron chi connectivity index (χ1n) is 26.6. The smallest absolute Gasteiger partial charge is 0.252 e. The van der Waals surface area contributed by atoms with Gasteiger partial charge in [-0.25, -0.2) is 0 Å². The Kier molecular flexibility index (Phi) is 21.3. The first-order valence-corrected chi connectivity index (χ1v) is 27.3. The maximum Gasteiger partial charge on any atom is 0.252 e. The summed E-state index contributed by atoms with van der Waals surface area (Å²) in [6.07, 6.45) is 6.43. The lowest BCUT2D eigenvalue weighted by Gasteiger charge is -2.19. The number of nitrogens with zero attached hydrogens (tertiary/aromatic N) is 2. The molecule has 6 aromatic carbocycles. The number of hydrogen-bond acceptors (Lipinski definition) is 12. The SMILES string of the molecule is CCOc1cc2ncc(C(N)=O)c(Nc3cccc(CNCCc4ccc(Cl)cc4)c3CC)c2cc1OCC.CCOc1cc2ncc(C(N)=O)c(Nc3cccc(CNCCc4cccc(Cl)c4)c3CC)c2cc1OCC. The molecule has 0 saturated carbocycles. The third-order valence-corrected chi connectivity index (χ3v) is 13.5. The van der Waals surface area contributed by atoms with Crippen molar-refractivity contribution in [2.45, 2.75) is 80.3 Å². The molecule has 0 spiro atoms. The highest BCUT2D eigenvalue weighted by atomic mass is 35.5. The third kappa shape index (κ3) is 14.9. The van der Waals surface area contributed by atoms with Gasteiger partial charge in [0.2, 0.25) is 0 Å². The van der Waals surface area contributed by atoms with Gasteiger partial charge in [-0.2, -0.15) is 0 Å². The fraction of sp³-hybridized carbons (Fsp3) is 0.290. The van der Waals surface area contributed by atoms with Crippen LogP contribution in [0.15, 0.2) is 122 Å². The topological polar surface area (TPSA) is 197 Å². The fourth-order valence-corrected chi connectivity index (χ4v) is 9.65. The second-order valence-electron chi connectivity index (χ2n) is 18.1. The Hall–Kier alpha value is -7.62. The Bertz CT molecular complexity index is 3340. The number of fused-ring (bicyclic) bond motifs is 2. The highest BCUT2D eigenvalue weighted by Crippen LogP contribution is 2.40. The number of primary amides is 2. The highest BCUT2D eigenvalue weighted by molar-refractivity contribution is 6.30. The van der Waals surface area contributed by atoms with Crippen LogP contribution in [-0.4, -0.2) is 61.3 Å². The van der Waals surface area contributed by atoms with Crippen molar-refractivity contribution in [3.63, 3.8) is 0 Å². The van der Waals surface area contributed by atoms with E-state index in [4.69, 9.17) is 53.6 Å². The summed E-state index contributed by atoms with van der Waals surface area (Å²) in [5, 5.41) is 17.1. The quantitative estimate of drug-likeness (QED) is 0.0281. The molecule has 78 heavy (non-hydrogen) atoms. The van der Waals surface area contributed by atoms with Gasteiger partial charge in [0.1, 0.15) is 0 Å². The molecule has 8 aromatic rings. The van der Waals surface area contributed by atoms with Crippen LogP contribution in [0.3, 0.4) is 0 Å². The third-order valence-electron chi connectivity index (χ3n) is 13.0. The van der Waals surface area contributed by atoms with Gasteiger partial charge in [-0.3, -0.25) is 19.6 Å². The summed E-state index contributed by atoms with van der Waals surface area (Å²) < 4.78 is 23.2. The lowest BCUT2D eigenvalue weighted by Crippen LogP contribution is -2.18. The predicted molar refractivity (Wildman–Crippen MR) is 317 cm³/mol. The van der Waals surface area contributed by atoms with Gasteiger partial charge in [0.15, 0.2) is 23.0 Å². The first-order chi connectivity index (χ1) is 37.9. The molecule has 0 radical (unpaired) electrons. The van der Waals surface area contributed by atoms with Gasteiger partial charge < -0.3 is 51.7 Å². The van der Waals surface area contributed by atoms with Crippen LogP contribution < -0.4 is 51.7 Å². The normalized spacial score (nSPS) is 11.0. The van der Waals surface area contributed by atoms with E-state index in [1.54, 1.807) is 0 Å². The van der Waals surface area contributed by atoms with Crippen LogP contribution in [0.4, 0.5) is 22.7 Å². The molecule has 0 aliphatic carbocycles. The van der Waals surface area contributed by atoms with Gasteiger partial charge in [0.25, 0.3) is 11.8 Å². The maximum absolute atomic E-state index is 12.4. The van der Waals surface area contributed by atoms with Crippen molar-refractivity contribution >= 4 is 79.6 Å². The average molecular weight is 1090 g/mol. The number of hydrogen-bond donors (Lipinski definition) is 6.